The Morgan fingerprint density at radius 3 is 1.47 bits per heavy atom. The highest BCUT2D eigenvalue weighted by Crippen LogP contribution is 2.24. The van der Waals surface area contributed by atoms with Gasteiger partial charge in [-0.1, -0.05) is 0 Å². The van der Waals surface area contributed by atoms with E-state index in [2.05, 4.69) is 0 Å². The van der Waals surface area contributed by atoms with Gasteiger partial charge in [0, 0.05) is 0 Å². The Morgan fingerprint density at radius 2 is 1.03 bits per heavy atom. The van der Waals surface area contributed by atoms with Crippen molar-refractivity contribution in [1.82, 2.24) is 0 Å². The normalized spacial score (nSPS) is 10.1. The SMILES string of the molecule is O.O.O=C(O)c1ccc(OS(=O)(=O)c2ccc(C(=O)O)c(C(=O)O)c2)cc1C(=O)O. The number of benzene rings is 2. The smallest absolute Gasteiger partial charge is 0.339 e. The number of hydrogen-bond donors (Lipinski definition) is 4. The van der Waals surface area contributed by atoms with Crippen molar-refractivity contribution in [3.05, 3.63) is 58.7 Å². The molecule has 0 spiro atoms. The van der Waals surface area contributed by atoms with E-state index in [4.69, 9.17) is 24.6 Å². The van der Waals surface area contributed by atoms with Crippen LogP contribution in [0, 0.1) is 0 Å². The first-order chi connectivity index (χ1) is 12.9. The molecule has 0 bridgehead atoms. The minimum atomic E-state index is -4.68. The van der Waals surface area contributed by atoms with Crippen LogP contribution >= 0.6 is 0 Å². The lowest BCUT2D eigenvalue weighted by molar-refractivity contribution is 0.0651. The predicted molar refractivity (Wildman–Crippen MR) is 95.8 cm³/mol. The highest BCUT2D eigenvalue weighted by atomic mass is 32.2. The summed E-state index contributed by atoms with van der Waals surface area (Å²) in [6, 6.07) is 4.54. The van der Waals surface area contributed by atoms with Gasteiger partial charge in [0.1, 0.15) is 10.6 Å². The first-order valence-corrected chi connectivity index (χ1v) is 8.50. The van der Waals surface area contributed by atoms with Crippen molar-refractivity contribution >= 4 is 34.0 Å². The average molecular weight is 446 g/mol. The van der Waals surface area contributed by atoms with Gasteiger partial charge in [-0.25, -0.2) is 19.2 Å². The predicted octanol–water partition coefficient (Wildman–Crippen LogP) is -0.402. The van der Waals surface area contributed by atoms with Gasteiger partial charge in [-0.05, 0) is 36.4 Å². The van der Waals surface area contributed by atoms with Gasteiger partial charge >= 0.3 is 34.0 Å². The Kier molecular flexibility index (Phi) is 8.20. The van der Waals surface area contributed by atoms with Crippen LogP contribution in [0.1, 0.15) is 41.4 Å². The van der Waals surface area contributed by atoms with Crippen LogP contribution < -0.4 is 4.18 Å². The summed E-state index contributed by atoms with van der Waals surface area (Å²) >= 11 is 0. The van der Waals surface area contributed by atoms with Crippen molar-refractivity contribution in [2.75, 3.05) is 0 Å². The molecule has 0 aliphatic rings. The fourth-order valence-electron chi connectivity index (χ4n) is 2.16. The molecule has 0 fully saturated rings. The third-order valence-electron chi connectivity index (χ3n) is 3.40. The van der Waals surface area contributed by atoms with E-state index in [1.165, 1.54) is 0 Å². The highest BCUT2D eigenvalue weighted by Gasteiger charge is 2.24. The quantitative estimate of drug-likeness (QED) is 0.397. The first kappa shape index (κ1) is 26.0. The summed E-state index contributed by atoms with van der Waals surface area (Å²) < 4.78 is 29.4. The van der Waals surface area contributed by atoms with E-state index in [1.54, 1.807) is 0 Å². The molecular weight excluding hydrogens is 432 g/mol. The number of rotatable bonds is 7. The third kappa shape index (κ3) is 5.28. The molecular formula is C16H14O13S. The molecule has 0 unspecified atom stereocenters. The maximum atomic E-state index is 12.3. The molecule has 2 rings (SSSR count). The maximum Gasteiger partial charge on any atom is 0.339 e. The minimum absolute atomic E-state index is 0. The van der Waals surface area contributed by atoms with Gasteiger partial charge < -0.3 is 35.6 Å². The number of carboxylic acid groups (broad SMARTS) is 4. The summed E-state index contributed by atoms with van der Waals surface area (Å²) in [7, 11) is -4.68. The second-order valence-corrected chi connectivity index (χ2v) is 6.72. The van der Waals surface area contributed by atoms with E-state index < -0.39 is 66.9 Å². The Balaban J connectivity index is 0.00000420. The molecule has 0 heterocycles. The van der Waals surface area contributed by atoms with Gasteiger partial charge in [-0.15, -0.1) is 0 Å². The van der Waals surface area contributed by atoms with Gasteiger partial charge in [0.25, 0.3) is 0 Å². The van der Waals surface area contributed by atoms with Crippen LogP contribution in [0.15, 0.2) is 41.3 Å². The molecule has 0 radical (unpaired) electrons. The van der Waals surface area contributed by atoms with Crippen molar-refractivity contribution < 1.29 is 63.2 Å². The fraction of sp³-hybridized carbons (Fsp3) is 0. The zero-order valence-electron chi connectivity index (χ0n) is 14.5. The van der Waals surface area contributed by atoms with Crippen LogP contribution in [0.5, 0.6) is 5.75 Å². The van der Waals surface area contributed by atoms with E-state index in [-0.39, 0.29) is 11.0 Å². The maximum absolute atomic E-state index is 12.3. The molecule has 0 aliphatic heterocycles. The lowest BCUT2D eigenvalue weighted by atomic mass is 10.1. The molecule has 30 heavy (non-hydrogen) atoms. The van der Waals surface area contributed by atoms with Crippen molar-refractivity contribution in [3.8, 4) is 5.75 Å². The van der Waals surface area contributed by atoms with Crippen molar-refractivity contribution in [2.24, 2.45) is 0 Å². The molecule has 2 aromatic carbocycles. The molecule has 0 atom stereocenters. The molecule has 162 valence electrons. The van der Waals surface area contributed by atoms with E-state index in [9.17, 15) is 27.6 Å². The Hall–Kier alpha value is -4.01. The lowest BCUT2D eigenvalue weighted by Gasteiger charge is -2.10. The molecule has 0 saturated carbocycles. The summed E-state index contributed by atoms with van der Waals surface area (Å²) in [4.78, 5) is 43.6. The topological polar surface area (TPSA) is 256 Å². The molecule has 0 saturated heterocycles. The monoisotopic (exact) mass is 446 g/mol. The summed E-state index contributed by atoms with van der Waals surface area (Å²) in [5.74, 6) is -7.01. The molecule has 0 aliphatic carbocycles. The minimum Gasteiger partial charge on any atom is -0.478 e. The van der Waals surface area contributed by atoms with Crippen LogP contribution in [-0.2, 0) is 10.1 Å². The van der Waals surface area contributed by atoms with Crippen molar-refractivity contribution in [2.45, 2.75) is 4.90 Å². The average Bonchev–Trinajstić information content (AvgIpc) is 2.60. The Labute approximate surface area is 167 Å². The second kappa shape index (κ2) is 9.46. The number of carboxylic acids is 4. The summed E-state index contributed by atoms with van der Waals surface area (Å²) in [6.07, 6.45) is 0. The van der Waals surface area contributed by atoms with Gasteiger partial charge in [0.2, 0.25) is 0 Å². The van der Waals surface area contributed by atoms with E-state index >= 15 is 0 Å². The zero-order chi connectivity index (χ0) is 21.2. The second-order valence-electron chi connectivity index (χ2n) is 5.17. The van der Waals surface area contributed by atoms with E-state index in [0.29, 0.717) is 12.1 Å². The van der Waals surface area contributed by atoms with Gasteiger partial charge in [-0.3, -0.25) is 0 Å². The molecule has 0 aromatic heterocycles. The van der Waals surface area contributed by atoms with Gasteiger partial charge in [0.15, 0.2) is 0 Å². The molecule has 0 amide bonds. The zero-order valence-corrected chi connectivity index (χ0v) is 15.3. The molecule has 2 aromatic rings. The number of aromatic carboxylic acids is 4. The van der Waals surface area contributed by atoms with Crippen LogP contribution in [0.2, 0.25) is 0 Å². The molecule has 14 heteroatoms. The fourth-order valence-corrected chi connectivity index (χ4v) is 3.11. The van der Waals surface area contributed by atoms with E-state index in [1.807, 2.05) is 0 Å². The van der Waals surface area contributed by atoms with Crippen molar-refractivity contribution in [1.29, 1.82) is 0 Å². The van der Waals surface area contributed by atoms with E-state index in [0.717, 1.165) is 24.3 Å². The summed E-state index contributed by atoms with van der Waals surface area (Å²) in [6.45, 7) is 0. The summed E-state index contributed by atoms with van der Waals surface area (Å²) in [5, 5.41) is 36.0. The molecule has 8 N–H and O–H groups in total. The van der Waals surface area contributed by atoms with Crippen LogP contribution in [-0.4, -0.2) is 63.7 Å². The van der Waals surface area contributed by atoms with Gasteiger partial charge in [0.05, 0.1) is 22.3 Å². The standard InChI is InChI=1S/C16H10O11S.2H2O/c17-13(18)9-3-1-7(5-11(9)15(21)22)27-28(25,26)8-2-4-10(14(19)20)12(6-8)16(23)24;;/h1-6H,(H,17,18)(H,19,20)(H,21,22)(H,23,24);2*1H2. The van der Waals surface area contributed by atoms with Crippen LogP contribution in [0.4, 0.5) is 0 Å². The van der Waals surface area contributed by atoms with Gasteiger partial charge in [-0.2, -0.15) is 8.42 Å². The van der Waals surface area contributed by atoms with Crippen molar-refractivity contribution in [3.63, 3.8) is 0 Å². The Morgan fingerprint density at radius 1 is 0.633 bits per heavy atom. The first-order valence-electron chi connectivity index (χ1n) is 7.10. The third-order valence-corrected chi connectivity index (χ3v) is 4.64. The van der Waals surface area contributed by atoms with Crippen LogP contribution in [0.3, 0.4) is 0 Å². The summed E-state index contributed by atoms with van der Waals surface area (Å²) in [5.41, 5.74) is -2.78. The highest BCUT2D eigenvalue weighted by molar-refractivity contribution is 7.87. The largest absolute Gasteiger partial charge is 0.478 e. The number of carbonyl (C=O) groups is 4. The number of hydrogen-bond acceptors (Lipinski definition) is 7. The van der Waals surface area contributed by atoms with Crippen LogP contribution in [0.25, 0.3) is 0 Å². The Bertz CT molecular complexity index is 1120. The molecule has 13 nitrogen and oxygen atoms in total. The lowest BCUT2D eigenvalue weighted by Crippen LogP contribution is -2.14.